The molecule has 2 heterocycles. The second kappa shape index (κ2) is 8.98. The predicted molar refractivity (Wildman–Crippen MR) is 112 cm³/mol. The molecule has 2 atom stereocenters. The first-order valence-electron chi connectivity index (χ1n) is 10.5. The number of halogens is 3. The van der Waals surface area contributed by atoms with E-state index in [4.69, 9.17) is 4.74 Å². The van der Waals surface area contributed by atoms with Gasteiger partial charge in [-0.25, -0.2) is 4.79 Å². The number of likely N-dealkylation sites (tertiary alicyclic amines) is 1. The Hall–Kier alpha value is -3.01. The van der Waals surface area contributed by atoms with Crippen LogP contribution in [0.5, 0.6) is 5.75 Å². The van der Waals surface area contributed by atoms with Crippen molar-refractivity contribution in [3.8, 4) is 11.8 Å². The van der Waals surface area contributed by atoms with Gasteiger partial charge in [0, 0.05) is 13.0 Å². The second-order valence-electron chi connectivity index (χ2n) is 9.06. The van der Waals surface area contributed by atoms with Gasteiger partial charge in [-0.2, -0.15) is 26.9 Å². The molecule has 34 heavy (non-hydrogen) atoms. The first-order valence-corrected chi connectivity index (χ1v) is 11.9. The zero-order valence-corrected chi connectivity index (χ0v) is 19.6. The van der Waals surface area contributed by atoms with E-state index in [0.717, 1.165) is 17.0 Å². The van der Waals surface area contributed by atoms with Gasteiger partial charge in [-0.1, -0.05) is 6.07 Å². The van der Waals surface area contributed by atoms with Crippen LogP contribution in [0.25, 0.3) is 0 Å². The molecule has 0 saturated carbocycles. The number of hydrogen-bond donors (Lipinski definition) is 0. The number of ether oxygens (including phenoxy) is 1. The van der Waals surface area contributed by atoms with Gasteiger partial charge in [-0.15, -0.1) is 0 Å². The number of nitrogens with zero attached hydrogens (tertiary/aromatic N) is 3. The summed E-state index contributed by atoms with van der Waals surface area (Å²) in [6, 6.07) is 3.97. The number of nitriles is 1. The minimum absolute atomic E-state index is 0.00829. The van der Waals surface area contributed by atoms with Gasteiger partial charge in [0.15, 0.2) is 0 Å². The van der Waals surface area contributed by atoms with Crippen LogP contribution in [-0.2, 0) is 32.6 Å². The zero-order chi connectivity index (χ0) is 25.5. The molecule has 2 amide bonds. The molecule has 13 heteroatoms. The lowest BCUT2D eigenvalue weighted by atomic mass is 9.93. The molecule has 0 bridgehead atoms. The Labute approximate surface area is 195 Å². The van der Waals surface area contributed by atoms with Crippen LogP contribution in [0.4, 0.5) is 18.0 Å². The lowest BCUT2D eigenvalue weighted by molar-refractivity contribution is -0.137. The molecule has 0 spiro atoms. The lowest BCUT2D eigenvalue weighted by Gasteiger charge is -2.39. The van der Waals surface area contributed by atoms with E-state index in [1.807, 2.05) is 0 Å². The maximum atomic E-state index is 13.3. The van der Waals surface area contributed by atoms with E-state index in [9.17, 15) is 36.4 Å². The van der Waals surface area contributed by atoms with Gasteiger partial charge < -0.3 is 13.8 Å². The molecule has 1 saturated heterocycles. The summed E-state index contributed by atoms with van der Waals surface area (Å²) < 4.78 is 70.4. The summed E-state index contributed by atoms with van der Waals surface area (Å²) >= 11 is 0. The van der Waals surface area contributed by atoms with Crippen LogP contribution in [0.2, 0.25) is 0 Å². The van der Waals surface area contributed by atoms with Crippen LogP contribution in [0.3, 0.4) is 0 Å². The van der Waals surface area contributed by atoms with Crippen molar-refractivity contribution in [2.24, 2.45) is 0 Å². The highest BCUT2D eigenvalue weighted by Crippen LogP contribution is 2.33. The van der Waals surface area contributed by atoms with Gasteiger partial charge in [0.1, 0.15) is 23.4 Å². The summed E-state index contributed by atoms with van der Waals surface area (Å²) in [5.41, 5.74) is -5.65. The quantitative estimate of drug-likeness (QED) is 0.460. The molecule has 1 fully saturated rings. The molecule has 2 aliphatic rings. The molecule has 0 N–H and O–H groups in total. The van der Waals surface area contributed by atoms with Crippen molar-refractivity contribution in [3.63, 3.8) is 0 Å². The predicted octanol–water partition coefficient (Wildman–Crippen LogP) is 3.09. The molecule has 0 radical (unpaired) electrons. The van der Waals surface area contributed by atoms with E-state index in [1.54, 1.807) is 20.8 Å². The molecule has 186 valence electrons. The third-order valence-electron chi connectivity index (χ3n) is 5.40. The standard InChI is InChI=1S/C21H24F3N3O6S/c1-20(2,3)32-19(29)27-12-14-9-16(33-34(30,31)21(22,23)24)7-6-13(14)10-17(27)18(28)26-8-4-5-15(26)11-25/h6-7,9,15,17H,4-5,8,10,12H2,1-3H3/t15-,17-/m0/s1. The van der Waals surface area contributed by atoms with Gasteiger partial charge in [-0.05, 0) is 56.9 Å². The number of hydrogen-bond acceptors (Lipinski definition) is 7. The van der Waals surface area contributed by atoms with Crippen LogP contribution >= 0.6 is 0 Å². The van der Waals surface area contributed by atoms with E-state index in [2.05, 4.69) is 10.3 Å². The monoisotopic (exact) mass is 503 g/mol. The van der Waals surface area contributed by atoms with Crippen LogP contribution in [-0.4, -0.2) is 60.0 Å². The average Bonchev–Trinajstić information content (AvgIpc) is 3.18. The van der Waals surface area contributed by atoms with E-state index in [-0.39, 0.29) is 13.0 Å². The minimum Gasteiger partial charge on any atom is -0.444 e. The SMILES string of the molecule is CC(C)(C)OC(=O)N1Cc2cc(OS(=O)(=O)C(F)(F)F)ccc2C[C@H]1C(=O)N1CCC[C@H]1C#N. The third kappa shape index (κ3) is 5.38. The van der Waals surface area contributed by atoms with E-state index in [1.165, 1.54) is 11.0 Å². The smallest absolute Gasteiger partial charge is 0.444 e. The Morgan fingerprint density at radius 3 is 2.41 bits per heavy atom. The van der Waals surface area contributed by atoms with Gasteiger partial charge in [0.25, 0.3) is 0 Å². The summed E-state index contributed by atoms with van der Waals surface area (Å²) in [4.78, 5) is 28.8. The van der Waals surface area contributed by atoms with Crippen LogP contribution < -0.4 is 4.18 Å². The highest BCUT2D eigenvalue weighted by Gasteiger charge is 2.49. The molecular weight excluding hydrogens is 479 g/mol. The van der Waals surface area contributed by atoms with E-state index < -0.39 is 51.1 Å². The van der Waals surface area contributed by atoms with Gasteiger partial charge >= 0.3 is 21.7 Å². The normalized spacial score (nSPS) is 21.0. The molecule has 9 nitrogen and oxygen atoms in total. The van der Waals surface area contributed by atoms with Crippen molar-refractivity contribution in [3.05, 3.63) is 29.3 Å². The Balaban J connectivity index is 1.94. The van der Waals surface area contributed by atoms with Crippen LogP contribution in [0.1, 0.15) is 44.7 Å². The Morgan fingerprint density at radius 2 is 1.82 bits per heavy atom. The fraction of sp³-hybridized carbons (Fsp3) is 0.571. The first kappa shape index (κ1) is 25.6. The summed E-state index contributed by atoms with van der Waals surface area (Å²) in [6.45, 7) is 5.05. The number of alkyl halides is 3. The number of amides is 2. The first-order chi connectivity index (χ1) is 15.6. The number of carbonyl (C=O) groups is 2. The van der Waals surface area contributed by atoms with Gasteiger partial charge in [0.05, 0.1) is 12.6 Å². The van der Waals surface area contributed by atoms with Crippen molar-refractivity contribution < 1.29 is 40.1 Å². The summed E-state index contributed by atoms with van der Waals surface area (Å²) in [5.74, 6) is -1.00. The van der Waals surface area contributed by atoms with Gasteiger partial charge in [-0.3, -0.25) is 9.69 Å². The summed E-state index contributed by atoms with van der Waals surface area (Å²) in [6.07, 6.45) is 0.355. The molecule has 0 aromatic heterocycles. The van der Waals surface area contributed by atoms with Gasteiger partial charge in [0.2, 0.25) is 5.91 Å². The van der Waals surface area contributed by atoms with Crippen LogP contribution in [0, 0.1) is 11.3 Å². The van der Waals surface area contributed by atoms with E-state index in [0.29, 0.717) is 30.5 Å². The topological polar surface area (TPSA) is 117 Å². The second-order valence-corrected chi connectivity index (χ2v) is 10.6. The number of carbonyl (C=O) groups excluding carboxylic acids is 2. The van der Waals surface area contributed by atoms with Crippen molar-refractivity contribution in [2.45, 2.75) is 69.8 Å². The fourth-order valence-corrected chi connectivity index (χ4v) is 4.33. The van der Waals surface area contributed by atoms with Crippen LogP contribution in [0.15, 0.2) is 18.2 Å². The maximum Gasteiger partial charge on any atom is 0.534 e. The van der Waals surface area contributed by atoms with Crippen molar-refractivity contribution in [1.29, 1.82) is 5.26 Å². The average molecular weight is 503 g/mol. The molecule has 1 aromatic rings. The third-order valence-corrected chi connectivity index (χ3v) is 6.37. The molecular formula is C21H24F3N3O6S. The molecule has 1 aromatic carbocycles. The number of fused-ring (bicyclic) bond motifs is 1. The minimum atomic E-state index is -5.87. The largest absolute Gasteiger partial charge is 0.534 e. The zero-order valence-electron chi connectivity index (χ0n) is 18.8. The molecule has 0 unspecified atom stereocenters. The summed E-state index contributed by atoms with van der Waals surface area (Å²) in [7, 11) is -5.87. The Bertz CT molecular complexity index is 1120. The Kier molecular flexibility index (Phi) is 6.76. The number of benzene rings is 1. The Morgan fingerprint density at radius 1 is 1.15 bits per heavy atom. The lowest BCUT2D eigenvalue weighted by Crippen LogP contribution is -2.55. The molecule has 0 aliphatic carbocycles. The van der Waals surface area contributed by atoms with Crippen molar-refractivity contribution in [1.82, 2.24) is 9.80 Å². The van der Waals surface area contributed by atoms with Crippen molar-refractivity contribution >= 4 is 22.1 Å². The number of rotatable bonds is 3. The maximum absolute atomic E-state index is 13.3. The molecule has 3 rings (SSSR count). The fourth-order valence-electron chi connectivity index (χ4n) is 3.88. The van der Waals surface area contributed by atoms with E-state index >= 15 is 0 Å². The molecule has 2 aliphatic heterocycles. The summed E-state index contributed by atoms with van der Waals surface area (Å²) in [5, 5.41) is 9.36. The highest BCUT2D eigenvalue weighted by molar-refractivity contribution is 7.88. The van der Waals surface area contributed by atoms with Crippen molar-refractivity contribution in [2.75, 3.05) is 6.54 Å². The highest BCUT2D eigenvalue weighted by atomic mass is 32.2.